The number of nitrogens with one attached hydrogen (secondary N) is 1. The molecule has 0 spiro atoms. The number of rotatable bonds is 6. The van der Waals surface area contributed by atoms with Crippen LogP contribution >= 0.6 is 0 Å². The summed E-state index contributed by atoms with van der Waals surface area (Å²) in [7, 11) is 3.07. The molecule has 120 valence electrons. The summed E-state index contributed by atoms with van der Waals surface area (Å²) in [5, 5.41) is 2.63. The van der Waals surface area contributed by atoms with Crippen LogP contribution in [0.15, 0.2) is 48.5 Å². The molecule has 0 heterocycles. The highest BCUT2D eigenvalue weighted by molar-refractivity contribution is 5.95. The van der Waals surface area contributed by atoms with Crippen LogP contribution in [0.2, 0.25) is 0 Å². The van der Waals surface area contributed by atoms with Crippen molar-refractivity contribution in [2.24, 2.45) is 0 Å². The fourth-order valence-electron chi connectivity index (χ4n) is 1.84. The molecule has 6 heteroatoms. The molecule has 0 saturated carbocycles. The van der Waals surface area contributed by atoms with E-state index in [2.05, 4.69) is 5.32 Å². The van der Waals surface area contributed by atoms with Gasteiger partial charge in [0.1, 0.15) is 11.5 Å². The standard InChI is InChI=1S/C17H17NO5/c1-21-14-8-6-13(7-9-14)18-16(19)11-23-17(20)12-4-3-5-15(10-12)22-2/h3-10H,11H2,1-2H3,(H,18,19). The average Bonchev–Trinajstić information content (AvgIpc) is 2.60. The lowest BCUT2D eigenvalue weighted by molar-refractivity contribution is -0.119. The third-order valence-electron chi connectivity index (χ3n) is 3.01. The molecule has 23 heavy (non-hydrogen) atoms. The molecular weight excluding hydrogens is 298 g/mol. The summed E-state index contributed by atoms with van der Waals surface area (Å²) >= 11 is 0. The van der Waals surface area contributed by atoms with Crippen LogP contribution in [0.25, 0.3) is 0 Å². The highest BCUT2D eigenvalue weighted by Gasteiger charge is 2.11. The first-order valence-corrected chi connectivity index (χ1v) is 6.87. The van der Waals surface area contributed by atoms with Gasteiger partial charge in [-0.15, -0.1) is 0 Å². The summed E-state index contributed by atoms with van der Waals surface area (Å²) in [6.07, 6.45) is 0. The van der Waals surface area contributed by atoms with Gasteiger partial charge in [0.05, 0.1) is 19.8 Å². The Morgan fingerprint density at radius 3 is 2.30 bits per heavy atom. The van der Waals surface area contributed by atoms with Crippen LogP contribution in [0.3, 0.4) is 0 Å². The molecule has 2 aromatic carbocycles. The number of hydrogen-bond donors (Lipinski definition) is 1. The van der Waals surface area contributed by atoms with Crippen molar-refractivity contribution < 1.29 is 23.8 Å². The van der Waals surface area contributed by atoms with Crippen molar-refractivity contribution in [3.05, 3.63) is 54.1 Å². The number of carbonyl (C=O) groups is 2. The largest absolute Gasteiger partial charge is 0.497 e. The Labute approximate surface area is 134 Å². The van der Waals surface area contributed by atoms with Crippen LogP contribution in [-0.4, -0.2) is 32.7 Å². The summed E-state index contributed by atoms with van der Waals surface area (Å²) in [6, 6.07) is 13.4. The summed E-state index contributed by atoms with van der Waals surface area (Å²) < 4.78 is 15.0. The number of anilines is 1. The maximum atomic E-state index is 11.9. The van der Waals surface area contributed by atoms with E-state index in [9.17, 15) is 9.59 Å². The molecule has 0 aliphatic rings. The average molecular weight is 315 g/mol. The molecule has 1 N–H and O–H groups in total. The van der Waals surface area contributed by atoms with Crippen LogP contribution < -0.4 is 14.8 Å². The van der Waals surface area contributed by atoms with E-state index in [-0.39, 0.29) is 6.61 Å². The van der Waals surface area contributed by atoms with Gasteiger partial charge in [0.15, 0.2) is 6.61 Å². The quantitative estimate of drug-likeness (QED) is 0.829. The topological polar surface area (TPSA) is 73.9 Å². The summed E-state index contributed by atoms with van der Waals surface area (Å²) in [6.45, 7) is -0.373. The van der Waals surface area contributed by atoms with E-state index in [1.807, 2.05) is 0 Å². The van der Waals surface area contributed by atoms with Gasteiger partial charge in [-0.05, 0) is 42.5 Å². The smallest absolute Gasteiger partial charge is 0.338 e. The van der Waals surface area contributed by atoms with Crippen molar-refractivity contribution in [1.82, 2.24) is 0 Å². The minimum atomic E-state index is -0.589. The van der Waals surface area contributed by atoms with E-state index in [0.717, 1.165) is 0 Å². The first kappa shape index (κ1) is 16.4. The summed E-state index contributed by atoms with van der Waals surface area (Å²) in [4.78, 5) is 23.7. The van der Waals surface area contributed by atoms with Crippen LogP contribution in [-0.2, 0) is 9.53 Å². The van der Waals surface area contributed by atoms with Gasteiger partial charge in [0, 0.05) is 5.69 Å². The maximum Gasteiger partial charge on any atom is 0.338 e. The first-order valence-electron chi connectivity index (χ1n) is 6.87. The molecule has 0 aliphatic heterocycles. The van der Waals surface area contributed by atoms with E-state index in [4.69, 9.17) is 14.2 Å². The summed E-state index contributed by atoms with van der Waals surface area (Å²) in [5.41, 5.74) is 0.912. The fourth-order valence-corrected chi connectivity index (χ4v) is 1.84. The molecule has 0 atom stereocenters. The fraction of sp³-hybridized carbons (Fsp3) is 0.176. The molecule has 2 rings (SSSR count). The Kier molecular flexibility index (Phi) is 5.57. The zero-order valence-electron chi connectivity index (χ0n) is 12.9. The van der Waals surface area contributed by atoms with E-state index < -0.39 is 11.9 Å². The second-order valence-electron chi connectivity index (χ2n) is 4.58. The maximum absolute atomic E-state index is 11.9. The Hall–Kier alpha value is -3.02. The van der Waals surface area contributed by atoms with E-state index in [1.165, 1.54) is 7.11 Å². The Morgan fingerprint density at radius 1 is 0.957 bits per heavy atom. The van der Waals surface area contributed by atoms with Crippen LogP contribution in [0.5, 0.6) is 11.5 Å². The van der Waals surface area contributed by atoms with Crippen molar-refractivity contribution in [2.75, 3.05) is 26.1 Å². The molecule has 0 aromatic heterocycles. The van der Waals surface area contributed by atoms with Gasteiger partial charge in [0.2, 0.25) is 0 Å². The number of hydrogen-bond acceptors (Lipinski definition) is 5. The van der Waals surface area contributed by atoms with Gasteiger partial charge in [-0.3, -0.25) is 4.79 Å². The van der Waals surface area contributed by atoms with Crippen LogP contribution in [0.1, 0.15) is 10.4 Å². The van der Waals surface area contributed by atoms with Gasteiger partial charge in [-0.1, -0.05) is 6.07 Å². The Balaban J connectivity index is 1.86. The Bertz CT molecular complexity index is 682. The Morgan fingerprint density at radius 2 is 1.65 bits per heavy atom. The van der Waals surface area contributed by atoms with Crippen molar-refractivity contribution in [1.29, 1.82) is 0 Å². The number of amides is 1. The SMILES string of the molecule is COc1ccc(NC(=O)COC(=O)c2cccc(OC)c2)cc1. The molecule has 0 aliphatic carbocycles. The number of ether oxygens (including phenoxy) is 3. The molecule has 0 fully saturated rings. The van der Waals surface area contributed by atoms with E-state index >= 15 is 0 Å². The monoisotopic (exact) mass is 315 g/mol. The molecule has 0 saturated heterocycles. The van der Waals surface area contributed by atoms with Crippen LogP contribution in [0.4, 0.5) is 5.69 Å². The zero-order valence-corrected chi connectivity index (χ0v) is 12.9. The molecule has 0 bridgehead atoms. The number of esters is 1. The van der Waals surface area contributed by atoms with Gasteiger partial charge in [-0.25, -0.2) is 4.79 Å². The minimum Gasteiger partial charge on any atom is -0.497 e. The lowest BCUT2D eigenvalue weighted by atomic mass is 10.2. The van der Waals surface area contributed by atoms with Gasteiger partial charge >= 0.3 is 5.97 Å². The molecule has 1 amide bonds. The third-order valence-corrected chi connectivity index (χ3v) is 3.01. The molecule has 6 nitrogen and oxygen atoms in total. The van der Waals surface area contributed by atoms with Gasteiger partial charge in [-0.2, -0.15) is 0 Å². The second kappa shape index (κ2) is 7.84. The lowest BCUT2D eigenvalue weighted by Crippen LogP contribution is -2.20. The van der Waals surface area contributed by atoms with Crippen molar-refractivity contribution in [3.8, 4) is 11.5 Å². The van der Waals surface area contributed by atoms with Crippen molar-refractivity contribution >= 4 is 17.6 Å². The van der Waals surface area contributed by atoms with Crippen molar-refractivity contribution in [3.63, 3.8) is 0 Å². The second-order valence-corrected chi connectivity index (χ2v) is 4.58. The number of benzene rings is 2. The van der Waals surface area contributed by atoms with Crippen molar-refractivity contribution in [2.45, 2.75) is 0 Å². The molecular formula is C17H17NO5. The molecule has 2 aromatic rings. The van der Waals surface area contributed by atoms with Gasteiger partial charge in [0.25, 0.3) is 5.91 Å². The van der Waals surface area contributed by atoms with Gasteiger partial charge < -0.3 is 19.5 Å². The van der Waals surface area contributed by atoms with Crippen LogP contribution in [0, 0.1) is 0 Å². The normalized spacial score (nSPS) is 9.83. The number of methoxy groups -OCH3 is 2. The molecule has 0 radical (unpaired) electrons. The lowest BCUT2D eigenvalue weighted by Gasteiger charge is -2.08. The third kappa shape index (κ3) is 4.74. The highest BCUT2D eigenvalue weighted by atomic mass is 16.5. The van der Waals surface area contributed by atoms with E-state index in [0.29, 0.717) is 22.7 Å². The predicted octanol–water partition coefficient (Wildman–Crippen LogP) is 2.50. The number of carbonyl (C=O) groups excluding carboxylic acids is 2. The molecule has 0 unspecified atom stereocenters. The predicted molar refractivity (Wildman–Crippen MR) is 84.9 cm³/mol. The van der Waals surface area contributed by atoms with E-state index in [1.54, 1.807) is 55.6 Å². The first-order chi connectivity index (χ1) is 11.1. The minimum absolute atomic E-state index is 0.321. The zero-order chi connectivity index (χ0) is 16.7. The summed E-state index contributed by atoms with van der Waals surface area (Å²) in [5.74, 6) is 0.217. The highest BCUT2D eigenvalue weighted by Crippen LogP contribution is 2.15.